The maximum atomic E-state index is 9.81. The Labute approximate surface area is 68.6 Å². The summed E-state index contributed by atoms with van der Waals surface area (Å²) in [5.41, 5.74) is 5.38. The van der Waals surface area contributed by atoms with Gasteiger partial charge >= 0.3 is 0 Å². The number of halogens is 1. The van der Waals surface area contributed by atoms with E-state index in [0.29, 0.717) is 0 Å². The van der Waals surface area contributed by atoms with Crippen molar-refractivity contribution in [1.29, 1.82) is 0 Å². The summed E-state index contributed by atoms with van der Waals surface area (Å²) in [4.78, 5) is 0. The average molecular weight is 162 g/mol. The van der Waals surface area contributed by atoms with Crippen LogP contribution in [0, 0.1) is 5.92 Å². The molecule has 0 saturated carbocycles. The summed E-state index contributed by atoms with van der Waals surface area (Å²) in [7, 11) is 0. The van der Waals surface area contributed by atoms with Crippen molar-refractivity contribution in [3.8, 4) is 0 Å². The predicted octanol–water partition coefficient (Wildman–Crippen LogP) is 2.34. The largest absolute Gasteiger partial charge is 0.330 e. The molecule has 0 fully saturated rings. The predicted molar refractivity (Wildman–Crippen MR) is 48.4 cm³/mol. The monoisotopic (exact) mass is 162 g/mol. The first-order chi connectivity index (χ1) is 5.26. The molecule has 2 N–H and O–H groups in total. The number of hydrogen-bond donors (Lipinski definition) is 1. The lowest BCUT2D eigenvalue weighted by Crippen LogP contribution is -2.06. The van der Waals surface area contributed by atoms with Gasteiger partial charge in [-0.05, 0) is 18.9 Å². The summed E-state index contributed by atoms with van der Waals surface area (Å²) in [5.74, 6) is 0.875. The number of rotatable bonds is 4. The van der Waals surface area contributed by atoms with Crippen LogP contribution in [0.2, 0.25) is 0 Å². The summed E-state index contributed by atoms with van der Waals surface area (Å²) >= 11 is 0. The molecule has 0 aliphatic carbocycles. The first-order valence-corrected chi connectivity index (χ1v) is 4.03. The van der Waals surface area contributed by atoms with Crippen LogP contribution in [0.1, 0.15) is 33.1 Å². The van der Waals surface area contributed by atoms with Gasteiger partial charge in [-0.1, -0.05) is 31.2 Å². The molecule has 0 saturated heterocycles. The van der Waals surface area contributed by atoms with Gasteiger partial charge in [0.15, 0.2) is 0 Å². The Hall–Kier alpha value is -0.440. The lowest BCUT2D eigenvalue weighted by atomic mass is 10.00. The second-order valence-electron chi connectivity index (χ2n) is 2.38. The number of hydrogen-bond acceptors (Lipinski definition) is 2. The van der Waals surface area contributed by atoms with E-state index in [9.17, 15) is 4.48 Å². The molecule has 0 aliphatic rings. The maximum absolute atomic E-state index is 9.81. The quantitative estimate of drug-likeness (QED) is 0.633. The second kappa shape index (κ2) is 12.3. The molecule has 0 bridgehead atoms. The van der Waals surface area contributed by atoms with Gasteiger partial charge in [-0.15, -0.1) is 5.21 Å². The van der Waals surface area contributed by atoms with Gasteiger partial charge in [0.2, 0.25) is 0 Å². The minimum Gasteiger partial charge on any atom is -0.330 e. The molecule has 0 heterocycles. The third kappa shape index (κ3) is 12.7. The van der Waals surface area contributed by atoms with Crippen molar-refractivity contribution >= 4 is 6.72 Å². The van der Waals surface area contributed by atoms with E-state index < -0.39 is 0 Å². The molecule has 0 aromatic heterocycles. The van der Waals surface area contributed by atoms with E-state index in [0.717, 1.165) is 12.5 Å². The molecule has 0 radical (unpaired) electrons. The Morgan fingerprint density at radius 3 is 1.91 bits per heavy atom. The summed E-state index contributed by atoms with van der Waals surface area (Å²) in [5, 5.41) is 1.75. The van der Waals surface area contributed by atoms with Crippen LogP contribution >= 0.6 is 0 Å². The Balaban J connectivity index is 0. The Kier molecular flexibility index (Phi) is 14.7. The molecule has 0 atom stereocenters. The zero-order chi connectivity index (χ0) is 9.11. The molecule has 0 aromatic rings. The first kappa shape index (κ1) is 13.2. The summed E-state index contributed by atoms with van der Waals surface area (Å²) in [6, 6.07) is 0. The minimum absolute atomic E-state index is 0.854. The molecule has 0 aromatic carbocycles. The summed E-state index contributed by atoms with van der Waals surface area (Å²) < 4.78 is 9.81. The standard InChI is InChI=1S/C7H17N.CH2FN/c1-3-7(4-2)5-6-8;1-3-2/h7H,3-6,8H2,1-2H3;1H2. The van der Waals surface area contributed by atoms with Crippen molar-refractivity contribution in [2.75, 3.05) is 6.54 Å². The molecule has 0 spiro atoms. The highest BCUT2D eigenvalue weighted by Crippen LogP contribution is 2.09. The van der Waals surface area contributed by atoms with Crippen LogP contribution in [-0.2, 0) is 0 Å². The van der Waals surface area contributed by atoms with Crippen molar-refractivity contribution in [2.24, 2.45) is 16.9 Å². The molecule has 3 heteroatoms. The van der Waals surface area contributed by atoms with Crippen LogP contribution < -0.4 is 5.73 Å². The van der Waals surface area contributed by atoms with E-state index in [1.54, 1.807) is 5.21 Å². The number of nitrogens with two attached hydrogens (primary N) is 1. The second-order valence-corrected chi connectivity index (χ2v) is 2.38. The van der Waals surface area contributed by atoms with E-state index in [1.807, 2.05) is 0 Å². The molecule has 11 heavy (non-hydrogen) atoms. The molecule has 0 unspecified atom stereocenters. The molecule has 2 nitrogen and oxygen atoms in total. The topological polar surface area (TPSA) is 38.4 Å². The zero-order valence-corrected chi connectivity index (χ0v) is 7.52. The fourth-order valence-electron chi connectivity index (χ4n) is 0.933. The molecular formula is C8H19FN2. The van der Waals surface area contributed by atoms with Crippen LogP contribution in [0.25, 0.3) is 0 Å². The minimum atomic E-state index is 0.854. The average Bonchev–Trinajstić information content (AvgIpc) is 2.02. The van der Waals surface area contributed by atoms with E-state index in [-0.39, 0.29) is 0 Å². The Morgan fingerprint density at radius 1 is 1.45 bits per heavy atom. The van der Waals surface area contributed by atoms with E-state index >= 15 is 0 Å². The Morgan fingerprint density at radius 2 is 1.82 bits per heavy atom. The van der Waals surface area contributed by atoms with Crippen molar-refractivity contribution in [1.82, 2.24) is 0 Å². The maximum Gasteiger partial charge on any atom is 0.0236 e. The van der Waals surface area contributed by atoms with Gasteiger partial charge in [0, 0.05) is 6.72 Å². The fraction of sp³-hybridized carbons (Fsp3) is 0.875. The summed E-state index contributed by atoms with van der Waals surface area (Å²) in [6.45, 7) is 7.75. The van der Waals surface area contributed by atoms with Crippen molar-refractivity contribution in [2.45, 2.75) is 33.1 Å². The van der Waals surface area contributed by atoms with Crippen LogP contribution in [0.3, 0.4) is 0 Å². The van der Waals surface area contributed by atoms with Gasteiger partial charge < -0.3 is 5.73 Å². The first-order valence-electron chi connectivity index (χ1n) is 4.03. The molecule has 0 aliphatic heterocycles. The van der Waals surface area contributed by atoms with E-state index in [1.165, 1.54) is 19.3 Å². The van der Waals surface area contributed by atoms with Crippen LogP contribution in [-0.4, -0.2) is 13.3 Å². The third-order valence-electron chi connectivity index (χ3n) is 1.73. The van der Waals surface area contributed by atoms with Gasteiger partial charge in [-0.2, -0.15) is 0 Å². The highest BCUT2D eigenvalue weighted by Gasteiger charge is 1.98. The highest BCUT2D eigenvalue weighted by molar-refractivity contribution is 5.20. The Bertz CT molecular complexity index is 72.5. The van der Waals surface area contributed by atoms with Crippen LogP contribution in [0.5, 0.6) is 0 Å². The van der Waals surface area contributed by atoms with Gasteiger partial charge in [0.25, 0.3) is 0 Å². The SMILES string of the molecule is C=NF.CCC(CC)CCN. The molecule has 68 valence electrons. The molecule has 0 rings (SSSR count). The van der Waals surface area contributed by atoms with E-state index in [4.69, 9.17) is 5.73 Å². The third-order valence-corrected chi connectivity index (χ3v) is 1.73. The van der Waals surface area contributed by atoms with Crippen molar-refractivity contribution in [3.05, 3.63) is 0 Å². The number of nitrogens with zero attached hydrogens (tertiary/aromatic N) is 1. The van der Waals surface area contributed by atoms with Crippen molar-refractivity contribution < 1.29 is 4.48 Å². The van der Waals surface area contributed by atoms with Gasteiger partial charge in [-0.3, -0.25) is 0 Å². The lowest BCUT2D eigenvalue weighted by Gasteiger charge is -2.08. The zero-order valence-electron chi connectivity index (χ0n) is 7.52. The van der Waals surface area contributed by atoms with Crippen molar-refractivity contribution in [3.63, 3.8) is 0 Å². The molecule has 0 amide bonds. The van der Waals surface area contributed by atoms with Gasteiger partial charge in [-0.25, -0.2) is 0 Å². The smallest absolute Gasteiger partial charge is 0.0236 e. The van der Waals surface area contributed by atoms with Crippen LogP contribution in [0.4, 0.5) is 4.48 Å². The van der Waals surface area contributed by atoms with Crippen LogP contribution in [0.15, 0.2) is 5.21 Å². The van der Waals surface area contributed by atoms with Gasteiger partial charge in [0.1, 0.15) is 0 Å². The summed E-state index contributed by atoms with van der Waals surface area (Å²) in [6.07, 6.45) is 3.77. The van der Waals surface area contributed by atoms with Gasteiger partial charge in [0.05, 0.1) is 0 Å². The normalized spacial score (nSPS) is 8.82. The lowest BCUT2D eigenvalue weighted by molar-refractivity contribution is 0.463. The highest BCUT2D eigenvalue weighted by atomic mass is 19.2. The van der Waals surface area contributed by atoms with E-state index in [2.05, 4.69) is 20.6 Å². The fourth-order valence-corrected chi connectivity index (χ4v) is 0.933. The molecular weight excluding hydrogens is 143 g/mol.